The van der Waals surface area contributed by atoms with Crippen LogP contribution in [0, 0.1) is 5.92 Å². The van der Waals surface area contributed by atoms with Crippen LogP contribution in [0.4, 0.5) is 0 Å². The molecule has 0 aliphatic heterocycles. The minimum Gasteiger partial charge on any atom is -0.497 e. The number of carbonyl (C=O) groups excluding carboxylic acids is 1. The van der Waals surface area contributed by atoms with E-state index in [1.165, 1.54) is 0 Å². The molecule has 1 aromatic carbocycles. The fourth-order valence-electron chi connectivity index (χ4n) is 2.74. The van der Waals surface area contributed by atoms with Crippen LogP contribution in [0.15, 0.2) is 47.2 Å². The van der Waals surface area contributed by atoms with Crippen LogP contribution >= 0.6 is 22.7 Å². The van der Waals surface area contributed by atoms with Crippen LogP contribution in [0.2, 0.25) is 0 Å². The third kappa shape index (κ3) is 4.51. The van der Waals surface area contributed by atoms with Gasteiger partial charge in [-0.1, -0.05) is 32.0 Å². The predicted molar refractivity (Wildman–Crippen MR) is 108 cm³/mol. The topological polar surface area (TPSA) is 51.2 Å². The summed E-state index contributed by atoms with van der Waals surface area (Å²) in [6.45, 7) is 4.21. The number of benzene rings is 1. The molecule has 3 rings (SSSR count). The highest BCUT2D eigenvalue weighted by atomic mass is 32.1. The molecule has 26 heavy (non-hydrogen) atoms. The van der Waals surface area contributed by atoms with Crippen molar-refractivity contribution >= 4 is 28.6 Å². The molecule has 1 unspecified atom stereocenters. The van der Waals surface area contributed by atoms with Gasteiger partial charge in [-0.3, -0.25) is 4.79 Å². The zero-order valence-corrected chi connectivity index (χ0v) is 16.7. The minimum atomic E-state index is -0.0381. The molecule has 2 heterocycles. The fourth-order valence-corrected chi connectivity index (χ4v) is 4.37. The van der Waals surface area contributed by atoms with Gasteiger partial charge >= 0.3 is 0 Å². The standard InChI is InChI=1S/C20H22N2O2S2/c1-13(2)19(14-6-8-16(24-3)9-7-14)22-18(23)11-15-12-26-20(21-15)17-5-4-10-25-17/h4-10,12-13,19H,11H2,1-3H3,(H,22,23). The van der Waals surface area contributed by atoms with Gasteiger partial charge in [-0.05, 0) is 35.1 Å². The lowest BCUT2D eigenvalue weighted by atomic mass is 9.95. The number of aromatic nitrogens is 1. The van der Waals surface area contributed by atoms with E-state index in [4.69, 9.17) is 4.74 Å². The molecule has 0 saturated heterocycles. The molecule has 4 nitrogen and oxygen atoms in total. The van der Waals surface area contributed by atoms with Crippen molar-refractivity contribution in [1.29, 1.82) is 0 Å². The van der Waals surface area contributed by atoms with Gasteiger partial charge in [0.25, 0.3) is 0 Å². The Kier molecular flexibility index (Phi) is 6.06. The van der Waals surface area contributed by atoms with Crippen LogP contribution < -0.4 is 10.1 Å². The summed E-state index contributed by atoms with van der Waals surface area (Å²) in [6.07, 6.45) is 0.293. The van der Waals surface area contributed by atoms with E-state index in [0.717, 1.165) is 26.9 Å². The van der Waals surface area contributed by atoms with Crippen LogP contribution in [0.5, 0.6) is 5.75 Å². The first kappa shape index (κ1) is 18.6. The summed E-state index contributed by atoms with van der Waals surface area (Å²) < 4.78 is 5.21. The molecule has 1 amide bonds. The summed E-state index contributed by atoms with van der Waals surface area (Å²) in [6, 6.07) is 11.9. The normalized spacial score (nSPS) is 12.2. The summed E-state index contributed by atoms with van der Waals surface area (Å²) in [7, 11) is 1.65. The van der Waals surface area contributed by atoms with E-state index in [0.29, 0.717) is 6.42 Å². The molecule has 2 aromatic heterocycles. The van der Waals surface area contributed by atoms with E-state index in [9.17, 15) is 4.79 Å². The molecule has 6 heteroatoms. The van der Waals surface area contributed by atoms with E-state index in [1.54, 1.807) is 29.8 Å². The number of amides is 1. The second kappa shape index (κ2) is 8.47. The van der Waals surface area contributed by atoms with Gasteiger partial charge in [0.05, 0.1) is 30.1 Å². The number of carbonyl (C=O) groups is 1. The van der Waals surface area contributed by atoms with Crippen LogP contribution in [-0.4, -0.2) is 18.0 Å². The van der Waals surface area contributed by atoms with E-state index in [2.05, 4.69) is 24.1 Å². The summed E-state index contributed by atoms with van der Waals surface area (Å²) in [4.78, 5) is 18.3. The van der Waals surface area contributed by atoms with Gasteiger partial charge in [0.1, 0.15) is 10.8 Å². The van der Waals surface area contributed by atoms with Crippen molar-refractivity contribution in [3.05, 3.63) is 58.4 Å². The number of rotatable bonds is 7. The van der Waals surface area contributed by atoms with Gasteiger partial charge in [-0.25, -0.2) is 4.98 Å². The molecule has 0 saturated carbocycles. The first-order chi connectivity index (χ1) is 12.6. The average molecular weight is 387 g/mol. The van der Waals surface area contributed by atoms with Crippen molar-refractivity contribution < 1.29 is 9.53 Å². The molecular weight excluding hydrogens is 364 g/mol. The van der Waals surface area contributed by atoms with Gasteiger partial charge in [0.15, 0.2) is 0 Å². The van der Waals surface area contributed by atoms with Crippen molar-refractivity contribution in [3.8, 4) is 15.6 Å². The molecule has 1 N–H and O–H groups in total. The molecule has 1 atom stereocenters. The number of thiophene rings is 1. The Hall–Kier alpha value is -2.18. The lowest BCUT2D eigenvalue weighted by Gasteiger charge is -2.23. The minimum absolute atomic E-state index is 0.0115. The number of hydrogen-bond donors (Lipinski definition) is 1. The average Bonchev–Trinajstić information content (AvgIpc) is 3.31. The zero-order chi connectivity index (χ0) is 18.5. The Balaban J connectivity index is 1.66. The molecule has 0 fully saturated rings. The molecule has 0 spiro atoms. The third-order valence-electron chi connectivity index (χ3n) is 4.08. The predicted octanol–water partition coefficient (Wildman–Crippen LogP) is 4.94. The number of methoxy groups -OCH3 is 1. The zero-order valence-electron chi connectivity index (χ0n) is 15.1. The molecular formula is C20H22N2O2S2. The highest BCUT2D eigenvalue weighted by Gasteiger charge is 2.19. The molecule has 0 radical (unpaired) electrons. The van der Waals surface area contributed by atoms with Crippen LogP contribution in [0.1, 0.15) is 31.1 Å². The Labute approximate surface area is 161 Å². The largest absolute Gasteiger partial charge is 0.497 e. The van der Waals surface area contributed by atoms with Crippen molar-refractivity contribution in [3.63, 3.8) is 0 Å². The van der Waals surface area contributed by atoms with Gasteiger partial charge in [-0.2, -0.15) is 0 Å². The SMILES string of the molecule is COc1ccc(C(NC(=O)Cc2csc(-c3cccs3)n2)C(C)C)cc1. The van der Waals surface area contributed by atoms with Crippen molar-refractivity contribution in [1.82, 2.24) is 10.3 Å². The lowest BCUT2D eigenvalue weighted by molar-refractivity contribution is -0.121. The van der Waals surface area contributed by atoms with E-state index >= 15 is 0 Å². The van der Waals surface area contributed by atoms with E-state index in [1.807, 2.05) is 47.2 Å². The Morgan fingerprint density at radius 3 is 2.58 bits per heavy atom. The quantitative estimate of drug-likeness (QED) is 0.626. The van der Waals surface area contributed by atoms with Crippen molar-refractivity contribution in [2.45, 2.75) is 26.3 Å². The first-order valence-corrected chi connectivity index (χ1v) is 10.2. The fraction of sp³-hybridized carbons (Fsp3) is 0.300. The monoisotopic (exact) mass is 386 g/mol. The van der Waals surface area contributed by atoms with Crippen LogP contribution in [0.3, 0.4) is 0 Å². The highest BCUT2D eigenvalue weighted by Crippen LogP contribution is 2.28. The smallest absolute Gasteiger partial charge is 0.226 e. The van der Waals surface area contributed by atoms with Crippen LogP contribution in [0.25, 0.3) is 9.88 Å². The summed E-state index contributed by atoms with van der Waals surface area (Å²) in [5, 5.41) is 8.12. The first-order valence-electron chi connectivity index (χ1n) is 8.48. The second-order valence-corrected chi connectivity index (χ2v) is 8.17. The Morgan fingerprint density at radius 2 is 1.96 bits per heavy atom. The molecule has 0 aliphatic carbocycles. The molecule has 3 aromatic rings. The summed E-state index contributed by atoms with van der Waals surface area (Å²) in [5.41, 5.74) is 1.89. The molecule has 0 bridgehead atoms. The van der Waals surface area contributed by atoms with Gasteiger partial charge < -0.3 is 10.1 Å². The van der Waals surface area contributed by atoms with Crippen molar-refractivity contribution in [2.24, 2.45) is 5.92 Å². The number of nitrogens with zero attached hydrogens (tertiary/aromatic N) is 1. The maximum absolute atomic E-state index is 12.6. The van der Waals surface area contributed by atoms with Gasteiger partial charge in [0.2, 0.25) is 5.91 Å². The number of hydrogen-bond acceptors (Lipinski definition) is 5. The van der Waals surface area contributed by atoms with E-state index in [-0.39, 0.29) is 17.9 Å². The molecule has 0 aliphatic rings. The second-order valence-electron chi connectivity index (χ2n) is 6.36. The molecule has 136 valence electrons. The highest BCUT2D eigenvalue weighted by molar-refractivity contribution is 7.20. The summed E-state index contributed by atoms with van der Waals surface area (Å²) in [5.74, 6) is 1.08. The van der Waals surface area contributed by atoms with Gasteiger partial charge in [0, 0.05) is 5.38 Å². The number of thiazole rings is 1. The third-order valence-corrected chi connectivity index (χ3v) is 6.01. The van der Waals surface area contributed by atoms with Gasteiger partial charge in [-0.15, -0.1) is 22.7 Å². The van der Waals surface area contributed by atoms with Crippen molar-refractivity contribution in [2.75, 3.05) is 7.11 Å². The number of ether oxygens (including phenoxy) is 1. The maximum Gasteiger partial charge on any atom is 0.226 e. The Bertz CT molecular complexity index is 839. The van der Waals surface area contributed by atoms with E-state index < -0.39 is 0 Å². The summed E-state index contributed by atoms with van der Waals surface area (Å²) >= 11 is 3.24. The maximum atomic E-state index is 12.6. The van der Waals surface area contributed by atoms with Crippen LogP contribution in [-0.2, 0) is 11.2 Å². The Morgan fingerprint density at radius 1 is 1.19 bits per heavy atom. The lowest BCUT2D eigenvalue weighted by Crippen LogP contribution is -2.32. The number of nitrogens with one attached hydrogen (secondary N) is 1.